The lowest BCUT2D eigenvalue weighted by atomic mass is 9.66. The topological polar surface area (TPSA) is 3.24 Å². The summed E-state index contributed by atoms with van der Waals surface area (Å²) in [7, 11) is 0. The van der Waals surface area contributed by atoms with Gasteiger partial charge in [-0.1, -0.05) is 152 Å². The molecule has 0 atom stereocenters. The first kappa shape index (κ1) is 29.7. The number of nitrogens with zero attached hydrogens (tertiary/aromatic N) is 1. The first-order valence-electron chi connectivity index (χ1n) is 18.1. The molecule has 0 bridgehead atoms. The van der Waals surface area contributed by atoms with Crippen LogP contribution in [0.4, 0.5) is 17.1 Å². The fourth-order valence-corrected chi connectivity index (χ4v) is 9.09. The van der Waals surface area contributed by atoms with E-state index in [0.717, 1.165) is 36.3 Å². The third kappa shape index (κ3) is 4.62. The van der Waals surface area contributed by atoms with E-state index in [2.05, 4.69) is 193 Å². The maximum atomic E-state index is 2.48. The molecule has 242 valence electrons. The molecule has 0 fully saturated rings. The fraction of sp³-hybridized carbons (Fsp3) is 0.0800. The second-order valence-corrected chi connectivity index (χ2v) is 13.9. The summed E-state index contributed by atoms with van der Waals surface area (Å²) in [5, 5.41) is 0. The molecule has 51 heavy (non-hydrogen) atoms. The van der Waals surface area contributed by atoms with Crippen molar-refractivity contribution in [3.8, 4) is 22.3 Å². The Balaban J connectivity index is 1.13. The van der Waals surface area contributed by atoms with Gasteiger partial charge in [0.25, 0.3) is 0 Å². The maximum absolute atomic E-state index is 2.48. The second kappa shape index (κ2) is 12.0. The molecule has 7 aromatic carbocycles. The average molecular weight is 652 g/mol. The van der Waals surface area contributed by atoms with Crippen LogP contribution in [-0.2, 0) is 11.8 Å². The summed E-state index contributed by atoms with van der Waals surface area (Å²) in [5.41, 5.74) is 19.4. The van der Waals surface area contributed by atoms with Gasteiger partial charge in [-0.05, 0) is 122 Å². The Kier molecular flexibility index (Phi) is 6.99. The third-order valence-corrected chi connectivity index (χ3v) is 11.3. The highest BCUT2D eigenvalue weighted by Gasteiger charge is 2.47. The van der Waals surface area contributed by atoms with Gasteiger partial charge in [0.05, 0.1) is 5.41 Å². The zero-order valence-corrected chi connectivity index (χ0v) is 28.5. The number of fused-ring (bicyclic) bond motifs is 5. The maximum Gasteiger partial charge on any atom is 0.0710 e. The van der Waals surface area contributed by atoms with Crippen molar-refractivity contribution in [2.75, 3.05) is 4.90 Å². The Morgan fingerprint density at radius 3 is 1.82 bits per heavy atom. The molecule has 10 rings (SSSR count). The Bertz CT molecular complexity index is 2430. The number of benzene rings is 7. The van der Waals surface area contributed by atoms with Gasteiger partial charge in [0, 0.05) is 17.1 Å². The molecule has 0 saturated carbocycles. The molecule has 3 aliphatic rings. The van der Waals surface area contributed by atoms with Crippen LogP contribution < -0.4 is 4.90 Å². The van der Waals surface area contributed by atoms with E-state index in [1.807, 2.05) is 0 Å². The molecule has 0 saturated heterocycles. The average Bonchev–Trinajstić information content (AvgIpc) is 3.73. The van der Waals surface area contributed by atoms with Crippen molar-refractivity contribution in [3.05, 3.63) is 227 Å². The number of allylic oxidation sites excluding steroid dienone is 4. The van der Waals surface area contributed by atoms with Gasteiger partial charge < -0.3 is 4.90 Å². The predicted octanol–water partition coefficient (Wildman–Crippen LogP) is 12.8. The van der Waals surface area contributed by atoms with Crippen molar-refractivity contribution in [3.63, 3.8) is 0 Å². The SMILES string of the molecule is C1=CC2=C(CC1)c1ccc(N(c3ccccc3)c3ccc(-c4cccc5c4Cc4ccccc4-5)cc3)cc1C2(c1ccccc1)c1ccccc1. The Hall–Kier alpha value is -6.18. The summed E-state index contributed by atoms with van der Waals surface area (Å²) in [6.45, 7) is 0. The summed E-state index contributed by atoms with van der Waals surface area (Å²) in [5.74, 6) is 0. The first-order chi connectivity index (χ1) is 25.3. The van der Waals surface area contributed by atoms with E-state index < -0.39 is 5.41 Å². The van der Waals surface area contributed by atoms with Crippen LogP contribution >= 0.6 is 0 Å². The van der Waals surface area contributed by atoms with E-state index in [1.165, 1.54) is 66.8 Å². The van der Waals surface area contributed by atoms with Crippen LogP contribution in [0, 0.1) is 0 Å². The van der Waals surface area contributed by atoms with Crippen molar-refractivity contribution in [2.24, 2.45) is 0 Å². The van der Waals surface area contributed by atoms with E-state index in [1.54, 1.807) is 0 Å². The highest BCUT2D eigenvalue weighted by atomic mass is 15.1. The monoisotopic (exact) mass is 651 g/mol. The van der Waals surface area contributed by atoms with Crippen LogP contribution in [0.15, 0.2) is 194 Å². The Morgan fingerprint density at radius 1 is 0.471 bits per heavy atom. The molecule has 1 heteroatoms. The summed E-state index contributed by atoms with van der Waals surface area (Å²) in [6, 6.07) is 65.1. The van der Waals surface area contributed by atoms with Crippen LogP contribution in [0.25, 0.3) is 27.8 Å². The van der Waals surface area contributed by atoms with E-state index in [9.17, 15) is 0 Å². The van der Waals surface area contributed by atoms with Crippen molar-refractivity contribution in [1.82, 2.24) is 0 Å². The Morgan fingerprint density at radius 2 is 1.08 bits per heavy atom. The van der Waals surface area contributed by atoms with Crippen LogP contribution in [0.2, 0.25) is 0 Å². The molecule has 0 N–H and O–H groups in total. The predicted molar refractivity (Wildman–Crippen MR) is 213 cm³/mol. The molecule has 7 aromatic rings. The molecule has 0 aliphatic heterocycles. The van der Waals surface area contributed by atoms with Crippen molar-refractivity contribution < 1.29 is 0 Å². The standard InChI is InChI=1S/C50H37N/c1-4-16-37(17-5-1)50(38-18-6-2-7-19-38)48-26-13-12-23-45(48)46-32-31-41(34-49(46)50)51(39-20-8-3-9-21-39)40-29-27-35(28-30-40)42-24-14-25-44-43-22-11-10-15-36(43)33-47(42)44/h1-11,13-22,24-32,34H,12,23,33H2. The molecule has 3 aliphatic carbocycles. The molecule has 0 spiro atoms. The molecule has 0 aromatic heterocycles. The van der Waals surface area contributed by atoms with Crippen molar-refractivity contribution >= 4 is 22.6 Å². The quantitative estimate of drug-likeness (QED) is 0.173. The smallest absolute Gasteiger partial charge is 0.0710 e. The summed E-state index contributed by atoms with van der Waals surface area (Å²) in [6.07, 6.45) is 7.87. The van der Waals surface area contributed by atoms with Gasteiger partial charge in [-0.25, -0.2) is 0 Å². The summed E-state index contributed by atoms with van der Waals surface area (Å²) in [4.78, 5) is 2.42. The third-order valence-electron chi connectivity index (χ3n) is 11.3. The van der Waals surface area contributed by atoms with E-state index in [4.69, 9.17) is 0 Å². The van der Waals surface area contributed by atoms with Gasteiger partial charge in [-0.2, -0.15) is 0 Å². The lowest BCUT2D eigenvalue weighted by Gasteiger charge is -2.36. The summed E-state index contributed by atoms with van der Waals surface area (Å²) < 4.78 is 0. The Labute approximate surface area is 300 Å². The minimum Gasteiger partial charge on any atom is -0.310 e. The molecule has 0 heterocycles. The number of rotatable bonds is 6. The molecule has 1 nitrogen and oxygen atoms in total. The number of anilines is 3. The zero-order valence-electron chi connectivity index (χ0n) is 28.5. The number of hydrogen-bond acceptors (Lipinski definition) is 1. The van der Waals surface area contributed by atoms with Gasteiger partial charge in [0.1, 0.15) is 0 Å². The minimum absolute atomic E-state index is 0.405. The highest BCUT2D eigenvalue weighted by molar-refractivity contribution is 5.91. The summed E-state index contributed by atoms with van der Waals surface area (Å²) >= 11 is 0. The highest BCUT2D eigenvalue weighted by Crippen LogP contribution is 2.58. The molecular formula is C50H37N. The number of para-hydroxylation sites is 1. The van der Waals surface area contributed by atoms with Gasteiger partial charge >= 0.3 is 0 Å². The fourth-order valence-electron chi connectivity index (χ4n) is 9.09. The lowest BCUT2D eigenvalue weighted by molar-refractivity contribution is 0.756. The molecule has 0 radical (unpaired) electrons. The van der Waals surface area contributed by atoms with E-state index >= 15 is 0 Å². The van der Waals surface area contributed by atoms with Crippen LogP contribution in [-0.4, -0.2) is 0 Å². The van der Waals surface area contributed by atoms with E-state index in [0.29, 0.717) is 0 Å². The van der Waals surface area contributed by atoms with Gasteiger partial charge in [-0.15, -0.1) is 0 Å². The molecule has 0 unspecified atom stereocenters. The van der Waals surface area contributed by atoms with Gasteiger partial charge in [0.2, 0.25) is 0 Å². The van der Waals surface area contributed by atoms with Crippen LogP contribution in [0.1, 0.15) is 46.2 Å². The first-order valence-corrected chi connectivity index (χ1v) is 18.1. The largest absolute Gasteiger partial charge is 0.310 e. The lowest BCUT2D eigenvalue weighted by Crippen LogP contribution is -2.29. The second-order valence-electron chi connectivity index (χ2n) is 13.9. The zero-order chi connectivity index (χ0) is 33.8. The van der Waals surface area contributed by atoms with E-state index in [-0.39, 0.29) is 0 Å². The van der Waals surface area contributed by atoms with Crippen LogP contribution in [0.5, 0.6) is 0 Å². The minimum atomic E-state index is -0.405. The molecule has 0 amide bonds. The van der Waals surface area contributed by atoms with Crippen LogP contribution in [0.3, 0.4) is 0 Å². The normalized spacial score (nSPS) is 14.8. The molecular weight excluding hydrogens is 615 g/mol. The van der Waals surface area contributed by atoms with Gasteiger partial charge in [-0.3, -0.25) is 0 Å². The van der Waals surface area contributed by atoms with Gasteiger partial charge in [0.15, 0.2) is 0 Å². The number of hydrogen-bond donors (Lipinski definition) is 0. The van der Waals surface area contributed by atoms with Crippen molar-refractivity contribution in [2.45, 2.75) is 24.7 Å². The van der Waals surface area contributed by atoms with Crippen molar-refractivity contribution in [1.29, 1.82) is 0 Å².